The molecule has 0 aliphatic heterocycles. The molecule has 0 atom stereocenters. The predicted octanol–water partition coefficient (Wildman–Crippen LogP) is 3.24. The molecule has 0 N–H and O–H groups in total. The highest BCUT2D eigenvalue weighted by Gasteiger charge is 2.20. The van der Waals surface area contributed by atoms with Crippen LogP contribution in [-0.4, -0.2) is 18.0 Å². The molecule has 8 heteroatoms. The van der Waals surface area contributed by atoms with Crippen molar-refractivity contribution in [3.8, 4) is 5.75 Å². The second-order valence-electron chi connectivity index (χ2n) is 4.43. The third kappa shape index (κ3) is 3.60. The second-order valence-corrected chi connectivity index (χ2v) is 4.43. The number of hydrogen-bond donors (Lipinski definition) is 0. The fraction of sp³-hybridized carbons (Fsp3) is 0.133. The van der Waals surface area contributed by atoms with Crippen molar-refractivity contribution in [2.75, 3.05) is 7.11 Å². The lowest BCUT2D eigenvalue weighted by atomic mass is 10.2. The molecule has 0 saturated carbocycles. The van der Waals surface area contributed by atoms with Gasteiger partial charge in [0.15, 0.2) is 17.4 Å². The number of carbonyl (C=O) groups excluding carboxylic acids is 1. The monoisotopic (exact) mass is 323 g/mol. The maximum Gasteiger partial charge on any atom is 0.338 e. The molecule has 2 aromatic carbocycles. The summed E-state index contributed by atoms with van der Waals surface area (Å²) in [6.07, 6.45) is 0. The Bertz CT molecular complexity index is 764. The Morgan fingerprint density at radius 1 is 1.26 bits per heavy atom. The van der Waals surface area contributed by atoms with Crippen LogP contribution in [0.4, 0.5) is 14.5 Å². The van der Waals surface area contributed by atoms with E-state index in [1.54, 1.807) is 0 Å². The highest BCUT2D eigenvalue weighted by atomic mass is 19.2. The van der Waals surface area contributed by atoms with Crippen molar-refractivity contribution in [3.05, 3.63) is 69.3 Å². The van der Waals surface area contributed by atoms with Gasteiger partial charge in [0.2, 0.25) is 0 Å². The van der Waals surface area contributed by atoms with E-state index in [-0.39, 0.29) is 16.9 Å². The summed E-state index contributed by atoms with van der Waals surface area (Å²) in [5, 5.41) is 11.1. The lowest BCUT2D eigenvalue weighted by Gasteiger charge is -2.09. The zero-order chi connectivity index (χ0) is 17.0. The molecule has 0 spiro atoms. The fourth-order valence-corrected chi connectivity index (χ4v) is 1.84. The number of nitrogens with zero attached hydrogens (tertiary/aromatic N) is 1. The third-order valence-corrected chi connectivity index (χ3v) is 2.99. The average molecular weight is 323 g/mol. The number of benzene rings is 2. The molecule has 0 aliphatic carbocycles. The maximum absolute atomic E-state index is 13.5. The van der Waals surface area contributed by atoms with E-state index in [0.29, 0.717) is 0 Å². The summed E-state index contributed by atoms with van der Waals surface area (Å²) in [5.74, 6) is -3.04. The number of nitro groups is 1. The number of ether oxygens (including phenoxy) is 2. The highest BCUT2D eigenvalue weighted by molar-refractivity contribution is 5.90. The summed E-state index contributed by atoms with van der Waals surface area (Å²) in [4.78, 5) is 21.7. The molecule has 2 aromatic rings. The molecule has 2 rings (SSSR count). The SMILES string of the molecule is COC(=O)c1ccc(OCc2cccc(F)c2F)c([N+](=O)[O-])c1. The largest absolute Gasteiger partial charge is 0.482 e. The van der Waals surface area contributed by atoms with Gasteiger partial charge in [0, 0.05) is 11.6 Å². The van der Waals surface area contributed by atoms with Gasteiger partial charge >= 0.3 is 11.7 Å². The molecule has 0 heterocycles. The second kappa shape index (κ2) is 6.82. The Kier molecular flexibility index (Phi) is 4.85. The molecular formula is C15H11F2NO5. The van der Waals surface area contributed by atoms with Crippen molar-refractivity contribution in [3.63, 3.8) is 0 Å². The van der Waals surface area contributed by atoms with Gasteiger partial charge in [-0.3, -0.25) is 10.1 Å². The van der Waals surface area contributed by atoms with Crippen molar-refractivity contribution < 1.29 is 28.0 Å². The van der Waals surface area contributed by atoms with Gasteiger partial charge < -0.3 is 9.47 Å². The summed E-state index contributed by atoms with van der Waals surface area (Å²) in [6, 6.07) is 7.01. The first kappa shape index (κ1) is 16.3. The van der Waals surface area contributed by atoms with Crippen LogP contribution in [0.5, 0.6) is 5.75 Å². The Hall–Kier alpha value is -3.03. The van der Waals surface area contributed by atoms with Crippen LogP contribution in [-0.2, 0) is 11.3 Å². The van der Waals surface area contributed by atoms with Crippen molar-refractivity contribution >= 4 is 11.7 Å². The Morgan fingerprint density at radius 3 is 2.65 bits per heavy atom. The Morgan fingerprint density at radius 2 is 2.00 bits per heavy atom. The van der Waals surface area contributed by atoms with Crippen LogP contribution in [0, 0.1) is 21.7 Å². The lowest BCUT2D eigenvalue weighted by molar-refractivity contribution is -0.386. The lowest BCUT2D eigenvalue weighted by Crippen LogP contribution is -2.05. The number of rotatable bonds is 5. The van der Waals surface area contributed by atoms with Gasteiger partial charge in [-0.15, -0.1) is 0 Å². The standard InChI is InChI=1S/C15H11F2NO5/c1-22-15(19)9-5-6-13(12(7-9)18(20)21)23-8-10-3-2-4-11(16)14(10)17/h2-7H,8H2,1H3. The van der Waals surface area contributed by atoms with E-state index >= 15 is 0 Å². The van der Waals surface area contributed by atoms with E-state index < -0.39 is 34.8 Å². The number of halogens is 2. The van der Waals surface area contributed by atoms with Gasteiger partial charge in [-0.1, -0.05) is 12.1 Å². The third-order valence-electron chi connectivity index (χ3n) is 2.99. The van der Waals surface area contributed by atoms with Crippen molar-refractivity contribution in [1.29, 1.82) is 0 Å². The van der Waals surface area contributed by atoms with Crippen molar-refractivity contribution in [1.82, 2.24) is 0 Å². The molecule has 0 unspecified atom stereocenters. The minimum atomic E-state index is -1.08. The minimum Gasteiger partial charge on any atom is -0.482 e. The molecule has 0 aliphatic rings. The normalized spacial score (nSPS) is 10.2. The van der Waals surface area contributed by atoms with Crippen molar-refractivity contribution in [2.24, 2.45) is 0 Å². The van der Waals surface area contributed by atoms with Gasteiger partial charge in [0.25, 0.3) is 0 Å². The smallest absolute Gasteiger partial charge is 0.338 e. The number of methoxy groups -OCH3 is 1. The quantitative estimate of drug-likeness (QED) is 0.479. The Labute approximate surface area is 129 Å². The van der Waals surface area contributed by atoms with Crippen LogP contribution in [0.25, 0.3) is 0 Å². The molecule has 0 radical (unpaired) electrons. The number of nitro benzene ring substituents is 1. The molecule has 6 nitrogen and oxygen atoms in total. The van der Waals surface area contributed by atoms with Crippen LogP contribution < -0.4 is 4.74 Å². The first-order valence-electron chi connectivity index (χ1n) is 6.36. The molecule has 0 bridgehead atoms. The average Bonchev–Trinajstić information content (AvgIpc) is 2.55. The van der Waals surface area contributed by atoms with Crippen LogP contribution >= 0.6 is 0 Å². The molecule has 0 amide bonds. The van der Waals surface area contributed by atoms with E-state index in [2.05, 4.69) is 4.74 Å². The number of esters is 1. The van der Waals surface area contributed by atoms with Crippen LogP contribution in [0.15, 0.2) is 36.4 Å². The highest BCUT2D eigenvalue weighted by Crippen LogP contribution is 2.29. The van der Waals surface area contributed by atoms with Gasteiger partial charge in [0.1, 0.15) is 6.61 Å². The minimum absolute atomic E-state index is 0.0245. The van der Waals surface area contributed by atoms with Crippen LogP contribution in [0.1, 0.15) is 15.9 Å². The van der Waals surface area contributed by atoms with E-state index in [1.807, 2.05) is 0 Å². The topological polar surface area (TPSA) is 78.7 Å². The summed E-state index contributed by atoms with van der Waals surface area (Å²) in [6.45, 7) is -0.401. The maximum atomic E-state index is 13.5. The Balaban J connectivity index is 2.27. The predicted molar refractivity (Wildman–Crippen MR) is 75.1 cm³/mol. The molecule has 0 saturated heterocycles. The van der Waals surface area contributed by atoms with Crippen molar-refractivity contribution in [2.45, 2.75) is 6.61 Å². The summed E-state index contributed by atoms with van der Waals surface area (Å²) in [7, 11) is 1.14. The molecule has 23 heavy (non-hydrogen) atoms. The van der Waals surface area contributed by atoms with Gasteiger partial charge in [-0.2, -0.15) is 0 Å². The summed E-state index contributed by atoms with van der Waals surface area (Å²) >= 11 is 0. The first-order chi connectivity index (χ1) is 10.9. The van der Waals surface area contributed by atoms with Gasteiger partial charge in [0.05, 0.1) is 17.6 Å². The molecular weight excluding hydrogens is 312 g/mol. The molecule has 120 valence electrons. The zero-order valence-electron chi connectivity index (χ0n) is 11.9. The van der Waals surface area contributed by atoms with Crippen LogP contribution in [0.2, 0.25) is 0 Å². The van der Waals surface area contributed by atoms with E-state index in [0.717, 1.165) is 19.2 Å². The number of hydrogen-bond acceptors (Lipinski definition) is 5. The summed E-state index contributed by atoms with van der Waals surface area (Å²) < 4.78 is 36.3. The molecule has 0 fully saturated rings. The van der Waals surface area contributed by atoms with Crippen LogP contribution in [0.3, 0.4) is 0 Å². The van der Waals surface area contributed by atoms with E-state index in [4.69, 9.17) is 4.74 Å². The fourth-order valence-electron chi connectivity index (χ4n) is 1.84. The molecule has 0 aromatic heterocycles. The van der Waals surface area contributed by atoms with E-state index in [9.17, 15) is 23.7 Å². The zero-order valence-corrected chi connectivity index (χ0v) is 11.9. The van der Waals surface area contributed by atoms with E-state index in [1.165, 1.54) is 24.3 Å². The van der Waals surface area contributed by atoms with Gasteiger partial charge in [-0.05, 0) is 18.2 Å². The summed E-state index contributed by atoms with van der Waals surface area (Å²) in [5.41, 5.74) is -0.593. The van der Waals surface area contributed by atoms with Gasteiger partial charge in [-0.25, -0.2) is 13.6 Å². The first-order valence-corrected chi connectivity index (χ1v) is 6.36. The number of carbonyl (C=O) groups is 1.